The number of likely N-dealkylation sites (N-methyl/N-ethyl adjacent to an activating group) is 1. The van der Waals surface area contributed by atoms with Gasteiger partial charge in [-0.1, -0.05) is 11.6 Å². The van der Waals surface area contributed by atoms with Crippen LogP contribution in [0.5, 0.6) is 5.75 Å². The molecule has 0 atom stereocenters. The number of halogens is 1. The van der Waals surface area contributed by atoms with E-state index in [9.17, 15) is 14.7 Å². The third-order valence-electron chi connectivity index (χ3n) is 6.38. The maximum absolute atomic E-state index is 13.2. The molecule has 0 unspecified atom stereocenters. The number of rotatable bonds is 6. The van der Waals surface area contributed by atoms with Gasteiger partial charge >= 0.3 is 5.97 Å². The minimum atomic E-state index is -1.02. The number of aryl methyl sites for hydroxylation is 2. The molecule has 36 heavy (non-hydrogen) atoms. The Morgan fingerprint density at radius 3 is 2.81 bits per heavy atom. The van der Waals surface area contributed by atoms with Gasteiger partial charge in [-0.05, 0) is 45.2 Å². The SMILES string of the molecule is Cc1cc(-c2cc(Cl)ccc2OCCn2c(C)nc3c(c2=O)CN(C)CC3)c2scc(C(=O)O)c2n1. The summed E-state index contributed by atoms with van der Waals surface area (Å²) in [4.78, 5) is 36.1. The van der Waals surface area contributed by atoms with Crippen molar-refractivity contribution in [2.24, 2.45) is 0 Å². The summed E-state index contributed by atoms with van der Waals surface area (Å²) in [6.07, 6.45) is 0.777. The van der Waals surface area contributed by atoms with Crippen molar-refractivity contribution in [1.29, 1.82) is 0 Å². The predicted molar refractivity (Wildman–Crippen MR) is 141 cm³/mol. The van der Waals surface area contributed by atoms with Crippen LogP contribution >= 0.6 is 22.9 Å². The summed E-state index contributed by atoms with van der Waals surface area (Å²) in [7, 11) is 2.00. The Morgan fingerprint density at radius 2 is 2.03 bits per heavy atom. The number of ether oxygens (including phenoxy) is 1. The molecule has 1 N–H and O–H groups in total. The zero-order valence-corrected chi connectivity index (χ0v) is 21.7. The number of carboxylic acids is 1. The number of aromatic nitrogens is 3. The zero-order valence-electron chi connectivity index (χ0n) is 20.2. The first-order chi connectivity index (χ1) is 17.2. The molecule has 10 heteroatoms. The highest BCUT2D eigenvalue weighted by Crippen LogP contribution is 2.40. The molecule has 3 aromatic heterocycles. The van der Waals surface area contributed by atoms with Crippen LogP contribution in [0.1, 0.15) is 33.1 Å². The molecule has 1 aromatic carbocycles. The molecule has 0 fully saturated rings. The second kappa shape index (κ2) is 9.65. The largest absolute Gasteiger partial charge is 0.491 e. The molecular weight excluding hydrogens is 500 g/mol. The summed E-state index contributed by atoms with van der Waals surface area (Å²) >= 11 is 7.67. The van der Waals surface area contributed by atoms with E-state index in [-0.39, 0.29) is 17.7 Å². The summed E-state index contributed by atoms with van der Waals surface area (Å²) in [5, 5.41) is 11.7. The lowest BCUT2D eigenvalue weighted by Gasteiger charge is -2.25. The molecule has 186 valence electrons. The Morgan fingerprint density at radius 1 is 1.22 bits per heavy atom. The molecule has 1 aliphatic heterocycles. The molecule has 0 radical (unpaired) electrons. The van der Waals surface area contributed by atoms with E-state index in [0.717, 1.165) is 40.0 Å². The minimum absolute atomic E-state index is 0.0183. The second-order valence-electron chi connectivity index (χ2n) is 8.96. The van der Waals surface area contributed by atoms with Gasteiger partial charge in [-0.2, -0.15) is 0 Å². The number of fused-ring (bicyclic) bond motifs is 2. The van der Waals surface area contributed by atoms with Crippen LogP contribution in [0, 0.1) is 13.8 Å². The fourth-order valence-electron chi connectivity index (χ4n) is 4.61. The van der Waals surface area contributed by atoms with Crippen LogP contribution in [0.15, 0.2) is 34.4 Å². The fourth-order valence-corrected chi connectivity index (χ4v) is 5.79. The van der Waals surface area contributed by atoms with Crippen LogP contribution in [-0.2, 0) is 19.5 Å². The molecule has 0 bridgehead atoms. The van der Waals surface area contributed by atoms with E-state index in [4.69, 9.17) is 16.3 Å². The molecule has 8 nitrogen and oxygen atoms in total. The number of hydrogen-bond donors (Lipinski definition) is 1. The number of hydrogen-bond acceptors (Lipinski definition) is 7. The van der Waals surface area contributed by atoms with Gasteiger partial charge in [0.15, 0.2) is 0 Å². The lowest BCUT2D eigenvalue weighted by atomic mass is 10.0. The molecule has 0 spiro atoms. The van der Waals surface area contributed by atoms with Crippen LogP contribution in [0.2, 0.25) is 5.02 Å². The molecule has 5 rings (SSSR count). The van der Waals surface area contributed by atoms with Gasteiger partial charge in [-0.25, -0.2) is 9.78 Å². The van der Waals surface area contributed by atoms with Gasteiger partial charge in [0.25, 0.3) is 5.56 Å². The lowest BCUT2D eigenvalue weighted by molar-refractivity contribution is 0.0699. The highest BCUT2D eigenvalue weighted by molar-refractivity contribution is 7.18. The normalized spacial score (nSPS) is 13.7. The first-order valence-electron chi connectivity index (χ1n) is 11.6. The molecule has 0 aliphatic carbocycles. The third kappa shape index (κ3) is 4.50. The van der Waals surface area contributed by atoms with E-state index in [1.807, 2.05) is 27.0 Å². The van der Waals surface area contributed by atoms with E-state index in [0.29, 0.717) is 40.9 Å². The van der Waals surface area contributed by atoms with Crippen LogP contribution in [0.3, 0.4) is 0 Å². The maximum Gasteiger partial charge on any atom is 0.338 e. The van der Waals surface area contributed by atoms with Crippen molar-refractivity contribution in [3.8, 4) is 16.9 Å². The van der Waals surface area contributed by atoms with Crippen molar-refractivity contribution in [3.63, 3.8) is 0 Å². The average molecular weight is 525 g/mol. The summed E-state index contributed by atoms with van der Waals surface area (Å²) in [6, 6.07) is 7.25. The maximum atomic E-state index is 13.2. The Hall–Kier alpha value is -3.27. The highest BCUT2D eigenvalue weighted by Gasteiger charge is 2.21. The first-order valence-corrected chi connectivity index (χ1v) is 12.8. The topological polar surface area (TPSA) is 97.6 Å². The summed E-state index contributed by atoms with van der Waals surface area (Å²) in [5.74, 6) is 0.251. The summed E-state index contributed by atoms with van der Waals surface area (Å²) in [5.41, 5.74) is 4.48. The van der Waals surface area contributed by atoms with Gasteiger partial charge in [0, 0.05) is 46.7 Å². The van der Waals surface area contributed by atoms with Crippen molar-refractivity contribution in [2.75, 3.05) is 20.2 Å². The second-order valence-corrected chi connectivity index (χ2v) is 10.3. The van der Waals surface area contributed by atoms with Gasteiger partial charge in [-0.15, -0.1) is 11.3 Å². The number of nitrogens with zero attached hydrogens (tertiary/aromatic N) is 4. The molecule has 1 aliphatic rings. The zero-order chi connectivity index (χ0) is 25.6. The van der Waals surface area contributed by atoms with E-state index < -0.39 is 5.97 Å². The standard InChI is InChI=1S/C26H25ClN4O4S/c1-14-10-18(24-23(28-14)20(13-36-24)26(33)34)17-11-16(27)4-5-22(17)35-9-8-31-15(2)29-21-6-7-30(3)12-19(21)25(31)32/h4-5,10-11,13H,6-9,12H2,1-3H3,(H,33,34). The molecule has 0 saturated carbocycles. The van der Waals surface area contributed by atoms with Crippen molar-refractivity contribution in [1.82, 2.24) is 19.4 Å². The Labute approximate surface area is 216 Å². The molecule has 4 heterocycles. The smallest absolute Gasteiger partial charge is 0.338 e. The number of carbonyl (C=O) groups is 1. The predicted octanol–water partition coefficient (Wildman–Crippen LogP) is 4.56. The van der Waals surface area contributed by atoms with Crippen molar-refractivity contribution in [3.05, 3.63) is 73.4 Å². The van der Waals surface area contributed by atoms with Crippen LogP contribution in [-0.4, -0.2) is 50.7 Å². The van der Waals surface area contributed by atoms with Crippen molar-refractivity contribution >= 4 is 39.1 Å². The van der Waals surface area contributed by atoms with E-state index in [2.05, 4.69) is 14.9 Å². The van der Waals surface area contributed by atoms with Gasteiger partial charge in [0.2, 0.25) is 0 Å². The number of aromatic carboxylic acids is 1. The van der Waals surface area contributed by atoms with E-state index in [1.165, 1.54) is 11.3 Å². The van der Waals surface area contributed by atoms with Crippen LogP contribution < -0.4 is 10.3 Å². The summed E-state index contributed by atoms with van der Waals surface area (Å²) < 4.78 is 8.60. The van der Waals surface area contributed by atoms with Gasteiger partial charge in [0.1, 0.15) is 18.2 Å². The fraction of sp³-hybridized carbons (Fsp3) is 0.308. The highest BCUT2D eigenvalue weighted by atomic mass is 35.5. The van der Waals surface area contributed by atoms with Crippen molar-refractivity contribution in [2.45, 2.75) is 33.4 Å². The molecular formula is C26H25ClN4O4S. The molecule has 0 saturated heterocycles. The number of carboxylic acid groups (broad SMARTS) is 1. The van der Waals surface area contributed by atoms with E-state index >= 15 is 0 Å². The number of benzene rings is 1. The average Bonchev–Trinajstić information content (AvgIpc) is 3.26. The van der Waals surface area contributed by atoms with Crippen LogP contribution in [0.25, 0.3) is 21.3 Å². The quantitative estimate of drug-likeness (QED) is 0.395. The number of pyridine rings is 1. The lowest BCUT2D eigenvalue weighted by Crippen LogP contribution is -2.37. The summed E-state index contributed by atoms with van der Waals surface area (Å²) in [6.45, 7) is 5.77. The minimum Gasteiger partial charge on any atom is -0.491 e. The molecule has 0 amide bonds. The Bertz CT molecular complexity index is 1560. The van der Waals surface area contributed by atoms with Crippen LogP contribution in [0.4, 0.5) is 0 Å². The monoisotopic (exact) mass is 524 g/mol. The van der Waals surface area contributed by atoms with Gasteiger partial charge in [-0.3, -0.25) is 14.3 Å². The Kier molecular flexibility index (Phi) is 6.55. The Balaban J connectivity index is 1.47. The molecule has 4 aromatic rings. The first kappa shape index (κ1) is 24.4. The number of thiophene rings is 1. The third-order valence-corrected chi connectivity index (χ3v) is 7.62. The van der Waals surface area contributed by atoms with E-state index in [1.54, 1.807) is 28.1 Å². The van der Waals surface area contributed by atoms with Crippen molar-refractivity contribution < 1.29 is 14.6 Å². The van der Waals surface area contributed by atoms with Gasteiger partial charge in [0.05, 0.1) is 33.6 Å². The van der Waals surface area contributed by atoms with Gasteiger partial charge < -0.3 is 14.7 Å².